The summed E-state index contributed by atoms with van der Waals surface area (Å²) >= 11 is 0. The van der Waals surface area contributed by atoms with Crippen molar-refractivity contribution in [1.29, 1.82) is 0 Å². The van der Waals surface area contributed by atoms with E-state index in [0.717, 1.165) is 31.0 Å². The topological polar surface area (TPSA) is 40.2 Å². The van der Waals surface area contributed by atoms with Gasteiger partial charge in [-0.05, 0) is 25.0 Å². The fraction of sp³-hybridized carbons (Fsp3) is 0.714. The zero-order valence-corrected chi connectivity index (χ0v) is 29.7. The van der Waals surface area contributed by atoms with E-state index in [1.54, 1.807) is 0 Å². The number of aromatic nitrogens is 1. The molecule has 0 bridgehead atoms. The zero-order valence-electron chi connectivity index (χ0n) is 29.7. The van der Waals surface area contributed by atoms with E-state index in [9.17, 15) is 0 Å². The highest BCUT2D eigenvalue weighted by Gasteiger charge is 2.14. The molecule has 0 spiro atoms. The number of hydrogen-bond donors (Lipinski definition) is 1. The van der Waals surface area contributed by atoms with Crippen molar-refractivity contribution in [3.8, 4) is 5.75 Å². The molecule has 3 aromatic rings. The summed E-state index contributed by atoms with van der Waals surface area (Å²) in [4.78, 5) is 0. The molecule has 0 atom stereocenters. The Morgan fingerprint density at radius 2 is 0.933 bits per heavy atom. The monoisotopic (exact) mass is 619 g/mol. The molecular formula is C42H70N2O. The Labute approximate surface area is 278 Å². The molecule has 0 aliphatic rings. The summed E-state index contributed by atoms with van der Waals surface area (Å²) in [6.45, 7) is 6.40. The van der Waals surface area contributed by atoms with Crippen molar-refractivity contribution in [2.45, 2.75) is 187 Å². The molecule has 2 aromatic carbocycles. The molecule has 1 heterocycles. The van der Waals surface area contributed by atoms with E-state index in [1.807, 2.05) is 0 Å². The summed E-state index contributed by atoms with van der Waals surface area (Å²) in [6.07, 6.45) is 35.8. The van der Waals surface area contributed by atoms with Crippen LogP contribution in [-0.4, -0.2) is 11.2 Å². The van der Waals surface area contributed by atoms with E-state index < -0.39 is 0 Å². The van der Waals surface area contributed by atoms with E-state index in [1.165, 1.54) is 182 Å². The van der Waals surface area contributed by atoms with Crippen LogP contribution in [0.2, 0.25) is 0 Å². The average molecular weight is 619 g/mol. The fourth-order valence-corrected chi connectivity index (χ4v) is 7.05. The second kappa shape index (κ2) is 24.1. The number of hydrogen-bond acceptors (Lipinski definition) is 2. The molecule has 0 amide bonds. The van der Waals surface area contributed by atoms with Crippen molar-refractivity contribution in [3.63, 3.8) is 0 Å². The predicted molar refractivity (Wildman–Crippen MR) is 201 cm³/mol. The number of anilines is 1. The quantitative estimate of drug-likeness (QED) is 0.0621. The van der Waals surface area contributed by atoms with Gasteiger partial charge in [0, 0.05) is 28.9 Å². The lowest BCUT2D eigenvalue weighted by atomic mass is 10.0. The van der Waals surface area contributed by atoms with Crippen molar-refractivity contribution >= 4 is 27.5 Å². The molecule has 0 fully saturated rings. The van der Waals surface area contributed by atoms with Gasteiger partial charge in [0.2, 0.25) is 0 Å². The predicted octanol–water partition coefficient (Wildman–Crippen LogP) is 13.9. The van der Waals surface area contributed by atoms with Crippen molar-refractivity contribution < 1.29 is 4.74 Å². The molecule has 3 nitrogen and oxygen atoms in total. The summed E-state index contributed by atoms with van der Waals surface area (Å²) in [5.41, 5.74) is 9.87. The maximum Gasteiger partial charge on any atom is 0.144 e. The Morgan fingerprint density at radius 1 is 0.489 bits per heavy atom. The highest BCUT2D eigenvalue weighted by atomic mass is 16.5. The molecule has 0 saturated carbocycles. The smallest absolute Gasteiger partial charge is 0.144 e. The Balaban J connectivity index is 1.34. The van der Waals surface area contributed by atoms with Crippen molar-refractivity contribution in [2.24, 2.45) is 0 Å². The van der Waals surface area contributed by atoms with E-state index in [4.69, 9.17) is 10.5 Å². The van der Waals surface area contributed by atoms with E-state index in [2.05, 4.69) is 54.8 Å². The number of rotatable bonds is 29. The minimum absolute atomic E-state index is 0.756. The van der Waals surface area contributed by atoms with Gasteiger partial charge in [-0.2, -0.15) is 0 Å². The largest absolute Gasteiger partial charge is 0.491 e. The first-order valence-corrected chi connectivity index (χ1v) is 19.7. The van der Waals surface area contributed by atoms with Crippen LogP contribution in [0.5, 0.6) is 5.75 Å². The van der Waals surface area contributed by atoms with Gasteiger partial charge in [-0.1, -0.05) is 186 Å². The molecular weight excluding hydrogens is 548 g/mol. The summed E-state index contributed by atoms with van der Waals surface area (Å²) in [6, 6.07) is 13.2. The van der Waals surface area contributed by atoms with Gasteiger partial charge in [-0.3, -0.25) is 0 Å². The summed E-state index contributed by atoms with van der Waals surface area (Å²) in [5.74, 6) is 0.856. The van der Waals surface area contributed by atoms with Gasteiger partial charge < -0.3 is 15.0 Å². The summed E-state index contributed by atoms with van der Waals surface area (Å²) in [7, 11) is 0. The first-order valence-electron chi connectivity index (χ1n) is 19.7. The minimum atomic E-state index is 0.756. The van der Waals surface area contributed by atoms with Crippen LogP contribution in [0, 0.1) is 0 Å². The average Bonchev–Trinajstić information content (AvgIpc) is 3.35. The number of ether oxygens (including phenoxy) is 1. The van der Waals surface area contributed by atoms with Gasteiger partial charge in [-0.15, -0.1) is 0 Å². The van der Waals surface area contributed by atoms with Crippen LogP contribution in [0.25, 0.3) is 21.8 Å². The SMILES string of the molecule is CCCCCCCCCCCCCCCCCCn1c2ccccc2c2cc(N)c(OCCCCCCCCCCCC)cc21. The summed E-state index contributed by atoms with van der Waals surface area (Å²) < 4.78 is 8.78. The lowest BCUT2D eigenvalue weighted by Gasteiger charge is -2.12. The molecule has 0 radical (unpaired) electrons. The number of nitrogens with zero attached hydrogens (tertiary/aromatic N) is 1. The standard InChI is InChI=1S/C42H70N2O/c1-3-5-7-9-11-13-15-16-17-18-19-20-21-23-25-29-33-44-40-32-28-27-31-37(40)38-35-39(43)42(36-41(38)44)45-34-30-26-24-22-14-12-10-8-6-4-2/h27-28,31-32,35-36H,3-26,29-30,33-34,43H2,1-2H3. The highest BCUT2D eigenvalue weighted by Crippen LogP contribution is 2.36. The van der Waals surface area contributed by atoms with Crippen molar-refractivity contribution in [1.82, 2.24) is 4.57 Å². The van der Waals surface area contributed by atoms with Gasteiger partial charge >= 0.3 is 0 Å². The Bertz CT molecular complexity index is 1150. The number of aryl methyl sites for hydroxylation is 1. The number of nitrogen functional groups attached to an aromatic ring is 1. The molecule has 2 N–H and O–H groups in total. The number of benzene rings is 2. The lowest BCUT2D eigenvalue weighted by molar-refractivity contribution is 0.306. The number of nitrogens with two attached hydrogens (primary N) is 1. The van der Waals surface area contributed by atoms with Gasteiger partial charge in [0.05, 0.1) is 17.8 Å². The molecule has 0 aliphatic heterocycles. The van der Waals surface area contributed by atoms with E-state index in [-0.39, 0.29) is 0 Å². The minimum Gasteiger partial charge on any atom is -0.491 e. The maximum absolute atomic E-state index is 6.52. The second-order valence-electron chi connectivity index (χ2n) is 13.9. The van der Waals surface area contributed by atoms with Crippen LogP contribution in [0.4, 0.5) is 5.69 Å². The number of para-hydroxylation sites is 1. The Kier molecular flexibility index (Phi) is 20.0. The summed E-state index contributed by atoms with van der Waals surface area (Å²) in [5, 5.41) is 2.56. The van der Waals surface area contributed by atoms with E-state index >= 15 is 0 Å². The van der Waals surface area contributed by atoms with Crippen LogP contribution >= 0.6 is 0 Å². The molecule has 45 heavy (non-hydrogen) atoms. The number of fused-ring (bicyclic) bond motifs is 3. The van der Waals surface area contributed by atoms with Crippen LogP contribution in [0.15, 0.2) is 36.4 Å². The van der Waals surface area contributed by atoms with Gasteiger partial charge in [0.15, 0.2) is 0 Å². The van der Waals surface area contributed by atoms with Gasteiger partial charge in [0.1, 0.15) is 5.75 Å². The molecule has 0 aliphatic carbocycles. The Morgan fingerprint density at radius 3 is 1.44 bits per heavy atom. The normalized spacial score (nSPS) is 11.7. The lowest BCUT2D eigenvalue weighted by Crippen LogP contribution is -2.02. The third-order valence-electron chi connectivity index (χ3n) is 9.89. The van der Waals surface area contributed by atoms with Crippen LogP contribution < -0.4 is 10.5 Å². The van der Waals surface area contributed by atoms with Gasteiger partial charge in [-0.25, -0.2) is 0 Å². The molecule has 3 heteroatoms. The molecule has 254 valence electrons. The Hall–Kier alpha value is -2.16. The third kappa shape index (κ3) is 14.4. The maximum atomic E-state index is 6.52. The van der Waals surface area contributed by atoms with Crippen molar-refractivity contribution in [2.75, 3.05) is 12.3 Å². The first kappa shape index (κ1) is 37.3. The third-order valence-corrected chi connectivity index (χ3v) is 9.89. The highest BCUT2D eigenvalue weighted by molar-refractivity contribution is 6.09. The van der Waals surface area contributed by atoms with Crippen LogP contribution in [0.1, 0.15) is 181 Å². The van der Waals surface area contributed by atoms with E-state index in [0.29, 0.717) is 0 Å². The second-order valence-corrected chi connectivity index (χ2v) is 13.9. The molecule has 0 saturated heterocycles. The first-order chi connectivity index (χ1) is 22.3. The molecule has 1 aromatic heterocycles. The van der Waals surface area contributed by atoms with Crippen LogP contribution in [-0.2, 0) is 6.54 Å². The van der Waals surface area contributed by atoms with Crippen molar-refractivity contribution in [3.05, 3.63) is 36.4 Å². The number of unbranched alkanes of at least 4 members (excludes halogenated alkanes) is 24. The molecule has 3 rings (SSSR count). The zero-order chi connectivity index (χ0) is 31.8. The fourth-order valence-electron chi connectivity index (χ4n) is 7.05. The van der Waals surface area contributed by atoms with Crippen LogP contribution in [0.3, 0.4) is 0 Å². The molecule has 0 unspecified atom stereocenters. The van der Waals surface area contributed by atoms with Gasteiger partial charge in [0.25, 0.3) is 0 Å².